The van der Waals surface area contributed by atoms with E-state index in [1.165, 1.54) is 0 Å². The number of likely N-dealkylation sites (tertiary alicyclic amines) is 1. The fourth-order valence-corrected chi connectivity index (χ4v) is 5.27. The Morgan fingerprint density at radius 1 is 1.33 bits per heavy atom. The molecule has 1 aliphatic carbocycles. The van der Waals surface area contributed by atoms with Gasteiger partial charge in [0.1, 0.15) is 5.65 Å². The average Bonchev–Trinajstić information content (AvgIpc) is 3.48. The van der Waals surface area contributed by atoms with Gasteiger partial charge in [-0.15, -0.1) is 0 Å². The van der Waals surface area contributed by atoms with Gasteiger partial charge >= 0.3 is 6.09 Å². The second kappa shape index (κ2) is 7.62. The number of piperidine rings is 1. The average molecular weight is 444 g/mol. The molecule has 2 aliphatic rings. The predicted octanol–water partition coefficient (Wildman–Crippen LogP) is 4.40. The summed E-state index contributed by atoms with van der Waals surface area (Å²) in [6.07, 6.45) is 6.36. The van der Waals surface area contributed by atoms with Gasteiger partial charge in [-0.25, -0.2) is 9.78 Å². The number of rotatable bonds is 3. The van der Waals surface area contributed by atoms with Crippen LogP contribution in [0.5, 0.6) is 0 Å². The number of pyridine rings is 1. The van der Waals surface area contributed by atoms with Crippen LogP contribution >= 0.6 is 0 Å². The van der Waals surface area contributed by atoms with Crippen LogP contribution in [0, 0.1) is 18.3 Å². The van der Waals surface area contributed by atoms with Gasteiger partial charge in [-0.2, -0.15) is 5.26 Å². The summed E-state index contributed by atoms with van der Waals surface area (Å²) in [6.45, 7) is 2.52. The van der Waals surface area contributed by atoms with Crippen LogP contribution in [0.3, 0.4) is 0 Å². The standard InChI is InChI=1S/C25H25N5O3/c1-15-20(28-23(31)17-5-3-4-16(10-17)12-26)13-27-22-21(15)19(14-29(22)2)18-6-9-30(24(32)33)25(11-18)7-8-25/h3-5,10,13-14,18H,6-9,11H2,1-2H3,(H,28,31)(H,32,33). The molecule has 2 N–H and O–H groups in total. The summed E-state index contributed by atoms with van der Waals surface area (Å²) in [6, 6.07) is 8.65. The van der Waals surface area contributed by atoms with E-state index in [-0.39, 0.29) is 17.4 Å². The molecule has 1 aromatic carbocycles. The zero-order chi connectivity index (χ0) is 23.3. The van der Waals surface area contributed by atoms with E-state index in [9.17, 15) is 14.7 Å². The topological polar surface area (TPSA) is 111 Å². The minimum atomic E-state index is -0.827. The number of amides is 2. The van der Waals surface area contributed by atoms with Gasteiger partial charge in [-0.1, -0.05) is 6.07 Å². The zero-order valence-electron chi connectivity index (χ0n) is 18.6. The molecular formula is C25H25N5O3. The molecule has 2 amide bonds. The predicted molar refractivity (Wildman–Crippen MR) is 123 cm³/mol. The van der Waals surface area contributed by atoms with Crippen LogP contribution < -0.4 is 5.32 Å². The Hall–Kier alpha value is -3.86. The summed E-state index contributed by atoms with van der Waals surface area (Å²) in [7, 11) is 1.96. The number of aryl methyl sites for hydroxylation is 2. The van der Waals surface area contributed by atoms with Crippen molar-refractivity contribution < 1.29 is 14.7 Å². The lowest BCUT2D eigenvalue weighted by Gasteiger charge is -2.38. The van der Waals surface area contributed by atoms with E-state index in [0.717, 1.165) is 47.8 Å². The highest BCUT2D eigenvalue weighted by atomic mass is 16.4. The summed E-state index contributed by atoms with van der Waals surface area (Å²) in [5, 5.41) is 22.7. The van der Waals surface area contributed by atoms with Gasteiger partial charge in [0.2, 0.25) is 0 Å². The minimum Gasteiger partial charge on any atom is -0.465 e. The molecule has 2 fully saturated rings. The number of carbonyl (C=O) groups excluding carboxylic acids is 1. The number of nitriles is 1. The third kappa shape index (κ3) is 3.50. The van der Waals surface area contributed by atoms with Crippen molar-refractivity contribution in [2.75, 3.05) is 11.9 Å². The smallest absolute Gasteiger partial charge is 0.407 e. The lowest BCUT2D eigenvalue weighted by Crippen LogP contribution is -2.46. The molecule has 168 valence electrons. The second-order valence-electron chi connectivity index (χ2n) is 9.19. The van der Waals surface area contributed by atoms with Crippen LogP contribution in [-0.4, -0.2) is 43.6 Å². The van der Waals surface area contributed by atoms with E-state index in [0.29, 0.717) is 23.4 Å². The lowest BCUT2D eigenvalue weighted by atomic mass is 9.83. The third-order valence-corrected chi connectivity index (χ3v) is 7.17. The molecule has 3 heterocycles. The Morgan fingerprint density at radius 2 is 2.12 bits per heavy atom. The largest absolute Gasteiger partial charge is 0.465 e. The van der Waals surface area contributed by atoms with Crippen molar-refractivity contribution >= 4 is 28.7 Å². The fourth-order valence-electron chi connectivity index (χ4n) is 5.27. The van der Waals surface area contributed by atoms with Crippen molar-refractivity contribution in [3.63, 3.8) is 0 Å². The fraction of sp³-hybridized carbons (Fsp3) is 0.360. The van der Waals surface area contributed by atoms with Gasteiger partial charge in [0.25, 0.3) is 5.91 Å². The molecule has 0 bridgehead atoms. The quantitative estimate of drug-likeness (QED) is 0.623. The molecular weight excluding hydrogens is 418 g/mol. The molecule has 33 heavy (non-hydrogen) atoms. The Kier molecular flexibility index (Phi) is 4.85. The van der Waals surface area contributed by atoms with E-state index >= 15 is 0 Å². The van der Waals surface area contributed by atoms with Crippen molar-refractivity contribution in [1.82, 2.24) is 14.5 Å². The molecule has 0 radical (unpaired) electrons. The highest BCUT2D eigenvalue weighted by molar-refractivity contribution is 6.06. The molecule has 1 saturated heterocycles. The number of benzene rings is 1. The van der Waals surface area contributed by atoms with Crippen LogP contribution in [0.4, 0.5) is 10.5 Å². The van der Waals surface area contributed by atoms with Gasteiger partial charge in [0, 0.05) is 36.3 Å². The van der Waals surface area contributed by atoms with Crippen molar-refractivity contribution in [2.24, 2.45) is 7.05 Å². The van der Waals surface area contributed by atoms with Gasteiger partial charge < -0.3 is 19.9 Å². The van der Waals surface area contributed by atoms with E-state index in [1.54, 1.807) is 35.4 Å². The number of hydrogen-bond acceptors (Lipinski definition) is 4. The Bertz CT molecular complexity index is 1330. The number of aromatic nitrogens is 2. The van der Waals surface area contributed by atoms with Crippen molar-refractivity contribution in [1.29, 1.82) is 5.26 Å². The zero-order valence-corrected chi connectivity index (χ0v) is 18.6. The maximum Gasteiger partial charge on any atom is 0.407 e. The highest BCUT2D eigenvalue weighted by Gasteiger charge is 2.54. The van der Waals surface area contributed by atoms with Crippen molar-refractivity contribution in [2.45, 2.75) is 44.1 Å². The van der Waals surface area contributed by atoms with Crippen molar-refractivity contribution in [3.05, 3.63) is 58.9 Å². The number of nitrogens with zero attached hydrogens (tertiary/aromatic N) is 4. The first kappa shape index (κ1) is 21.0. The number of anilines is 1. The highest BCUT2D eigenvalue weighted by Crippen LogP contribution is 2.53. The number of fused-ring (bicyclic) bond motifs is 1. The monoisotopic (exact) mass is 443 g/mol. The minimum absolute atomic E-state index is 0.226. The normalized spacial score (nSPS) is 18.8. The Labute approximate surface area is 191 Å². The van der Waals surface area contributed by atoms with E-state index in [2.05, 4.69) is 22.6 Å². The van der Waals surface area contributed by atoms with Gasteiger partial charge in [-0.3, -0.25) is 4.79 Å². The molecule has 1 aliphatic heterocycles. The van der Waals surface area contributed by atoms with E-state index in [4.69, 9.17) is 5.26 Å². The summed E-state index contributed by atoms with van der Waals surface area (Å²) in [4.78, 5) is 30.8. The summed E-state index contributed by atoms with van der Waals surface area (Å²) in [5.74, 6) is -0.0499. The van der Waals surface area contributed by atoms with E-state index < -0.39 is 6.09 Å². The Balaban J connectivity index is 1.48. The first-order valence-corrected chi connectivity index (χ1v) is 11.1. The number of carboxylic acid groups (broad SMARTS) is 1. The molecule has 5 rings (SSSR count). The second-order valence-corrected chi connectivity index (χ2v) is 9.19. The SMILES string of the molecule is Cc1c(NC(=O)c2cccc(C#N)c2)cnc2c1c(C1CCN(C(=O)O)C3(CC3)C1)cn2C. The number of nitrogens with one attached hydrogen (secondary N) is 1. The third-order valence-electron chi connectivity index (χ3n) is 7.17. The molecule has 8 nitrogen and oxygen atoms in total. The summed E-state index contributed by atoms with van der Waals surface area (Å²) < 4.78 is 2.00. The molecule has 1 saturated carbocycles. The van der Waals surface area contributed by atoms with Crippen LogP contribution in [-0.2, 0) is 7.05 Å². The molecule has 1 unspecified atom stereocenters. The van der Waals surface area contributed by atoms with Gasteiger partial charge in [0.05, 0.1) is 23.5 Å². The van der Waals surface area contributed by atoms with E-state index in [1.807, 2.05) is 18.5 Å². The summed E-state index contributed by atoms with van der Waals surface area (Å²) >= 11 is 0. The molecule has 3 aromatic rings. The summed E-state index contributed by atoms with van der Waals surface area (Å²) in [5.41, 5.74) is 4.19. The number of carbonyl (C=O) groups is 2. The molecule has 2 aromatic heterocycles. The first-order chi connectivity index (χ1) is 15.8. The van der Waals surface area contributed by atoms with Crippen LogP contribution in [0.25, 0.3) is 11.0 Å². The van der Waals surface area contributed by atoms with Crippen molar-refractivity contribution in [3.8, 4) is 6.07 Å². The molecule has 1 spiro atoms. The van der Waals surface area contributed by atoms with Crippen LogP contribution in [0.2, 0.25) is 0 Å². The maximum atomic E-state index is 12.8. The van der Waals surface area contributed by atoms with Crippen LogP contribution in [0.1, 0.15) is 58.6 Å². The maximum absolute atomic E-state index is 12.8. The van der Waals surface area contributed by atoms with Gasteiger partial charge in [-0.05, 0) is 67.9 Å². The number of hydrogen-bond donors (Lipinski definition) is 2. The lowest BCUT2D eigenvalue weighted by molar-refractivity contribution is 0.0911. The van der Waals surface area contributed by atoms with Gasteiger partial charge in [0.15, 0.2) is 0 Å². The van der Waals surface area contributed by atoms with Crippen LogP contribution in [0.15, 0.2) is 36.7 Å². The molecule has 8 heteroatoms. The molecule has 1 atom stereocenters. The first-order valence-electron chi connectivity index (χ1n) is 11.1. The Morgan fingerprint density at radius 3 is 2.82 bits per heavy atom.